The van der Waals surface area contributed by atoms with Crippen molar-refractivity contribution in [3.63, 3.8) is 0 Å². The lowest BCUT2D eigenvalue weighted by Gasteiger charge is -1.96. The average Bonchev–Trinajstić information content (AvgIpc) is 2.26. The predicted octanol–water partition coefficient (Wildman–Crippen LogP) is 2.36. The Labute approximate surface area is 92.9 Å². The maximum absolute atomic E-state index is 13.0. The lowest BCUT2D eigenvalue weighted by atomic mass is 10.1. The van der Waals surface area contributed by atoms with Gasteiger partial charge in [0.25, 0.3) is 0 Å². The number of benzene rings is 1. The Morgan fingerprint density at radius 3 is 2.94 bits per heavy atom. The summed E-state index contributed by atoms with van der Waals surface area (Å²) < 4.78 is 13.0. The van der Waals surface area contributed by atoms with Gasteiger partial charge in [0.15, 0.2) is 0 Å². The van der Waals surface area contributed by atoms with Crippen LogP contribution in [-0.4, -0.2) is 18.5 Å². The summed E-state index contributed by atoms with van der Waals surface area (Å²) >= 11 is 0. The highest BCUT2D eigenvalue weighted by atomic mass is 19.1. The summed E-state index contributed by atoms with van der Waals surface area (Å²) in [6, 6.07) is 3.85. The fourth-order valence-electron chi connectivity index (χ4n) is 1.22. The summed E-state index contributed by atoms with van der Waals surface area (Å²) in [5.74, 6) is -0.808. The summed E-state index contributed by atoms with van der Waals surface area (Å²) in [6.45, 7) is 0.833. The highest BCUT2D eigenvalue weighted by Crippen LogP contribution is 2.19. The van der Waals surface area contributed by atoms with E-state index in [9.17, 15) is 14.5 Å². The first kappa shape index (κ1) is 12.3. The van der Waals surface area contributed by atoms with Crippen LogP contribution in [0.1, 0.15) is 12.0 Å². The summed E-state index contributed by atoms with van der Waals surface area (Å²) in [7, 11) is 1.84. The normalized spacial score (nSPS) is 10.9. The van der Waals surface area contributed by atoms with Crippen LogP contribution < -0.4 is 5.32 Å². The van der Waals surface area contributed by atoms with E-state index in [1.54, 1.807) is 6.08 Å². The molecular weight excluding hydrogens is 211 g/mol. The molecule has 0 radical (unpaired) electrons. The highest BCUT2D eigenvalue weighted by Gasteiger charge is 2.12. The van der Waals surface area contributed by atoms with Crippen LogP contribution in [0.15, 0.2) is 24.3 Å². The molecule has 0 aromatic heterocycles. The lowest BCUT2D eigenvalue weighted by molar-refractivity contribution is -0.387. The van der Waals surface area contributed by atoms with Crippen LogP contribution in [0.3, 0.4) is 0 Å². The number of rotatable bonds is 5. The lowest BCUT2D eigenvalue weighted by Crippen LogP contribution is -2.05. The van der Waals surface area contributed by atoms with E-state index in [-0.39, 0.29) is 0 Å². The monoisotopic (exact) mass is 224 g/mol. The smallest absolute Gasteiger partial charge is 0.305 e. The van der Waals surface area contributed by atoms with Gasteiger partial charge in [-0.15, -0.1) is 0 Å². The van der Waals surface area contributed by atoms with Crippen molar-refractivity contribution in [3.05, 3.63) is 45.8 Å². The van der Waals surface area contributed by atoms with Gasteiger partial charge in [0.1, 0.15) is 0 Å². The van der Waals surface area contributed by atoms with E-state index in [4.69, 9.17) is 0 Å². The van der Waals surface area contributed by atoms with Gasteiger partial charge >= 0.3 is 5.69 Å². The highest BCUT2D eigenvalue weighted by molar-refractivity contribution is 5.53. The number of halogens is 1. The minimum Gasteiger partial charge on any atom is -0.319 e. The van der Waals surface area contributed by atoms with Crippen LogP contribution in [0.2, 0.25) is 0 Å². The number of hydrogen-bond acceptors (Lipinski definition) is 3. The molecule has 0 unspecified atom stereocenters. The third-order valence-corrected chi connectivity index (χ3v) is 2.04. The van der Waals surface area contributed by atoms with Gasteiger partial charge in [-0.25, -0.2) is 0 Å². The van der Waals surface area contributed by atoms with Crippen molar-refractivity contribution >= 4 is 11.8 Å². The molecule has 5 heteroatoms. The van der Waals surface area contributed by atoms with Crippen LogP contribution in [0.5, 0.6) is 0 Å². The van der Waals surface area contributed by atoms with Crippen molar-refractivity contribution in [2.75, 3.05) is 13.6 Å². The van der Waals surface area contributed by atoms with Crippen LogP contribution in [0, 0.1) is 15.9 Å². The van der Waals surface area contributed by atoms with E-state index >= 15 is 0 Å². The van der Waals surface area contributed by atoms with Crippen molar-refractivity contribution in [1.82, 2.24) is 5.32 Å². The summed E-state index contributed by atoms with van der Waals surface area (Å²) in [5, 5.41) is 13.5. The number of nitro benzene ring substituents is 1. The van der Waals surface area contributed by atoms with Crippen molar-refractivity contribution in [2.24, 2.45) is 0 Å². The van der Waals surface area contributed by atoms with Crippen molar-refractivity contribution < 1.29 is 9.31 Å². The second-order valence-corrected chi connectivity index (χ2v) is 3.26. The molecule has 16 heavy (non-hydrogen) atoms. The van der Waals surface area contributed by atoms with Crippen molar-refractivity contribution in [3.8, 4) is 0 Å². The van der Waals surface area contributed by atoms with Gasteiger partial charge in [-0.3, -0.25) is 10.1 Å². The molecule has 0 atom stereocenters. The van der Waals surface area contributed by atoms with E-state index < -0.39 is 16.4 Å². The first-order chi connectivity index (χ1) is 7.65. The van der Waals surface area contributed by atoms with Crippen molar-refractivity contribution in [2.45, 2.75) is 6.42 Å². The van der Waals surface area contributed by atoms with Crippen LogP contribution in [0.25, 0.3) is 6.08 Å². The first-order valence-corrected chi connectivity index (χ1v) is 4.90. The van der Waals surface area contributed by atoms with Crippen LogP contribution >= 0.6 is 0 Å². The molecule has 1 aromatic carbocycles. The Hall–Kier alpha value is -1.75. The fourth-order valence-corrected chi connectivity index (χ4v) is 1.22. The second-order valence-electron chi connectivity index (χ2n) is 3.26. The Bertz CT molecular complexity index is 405. The topological polar surface area (TPSA) is 55.2 Å². The largest absolute Gasteiger partial charge is 0.319 e. The Balaban J connectivity index is 2.78. The molecule has 4 nitrogen and oxygen atoms in total. The van der Waals surface area contributed by atoms with E-state index in [1.165, 1.54) is 12.1 Å². The molecule has 0 bridgehead atoms. The summed E-state index contributed by atoms with van der Waals surface area (Å²) in [5.41, 5.74) is 0.139. The standard InChI is InChI=1S/C11H13FN2O2/c1-13-7-3-2-4-9-5-6-10(12)11(8-9)14(15)16/h2,4-6,8,13H,3,7H2,1H3. The van der Waals surface area contributed by atoms with Gasteiger partial charge in [0.05, 0.1) is 4.92 Å². The van der Waals surface area contributed by atoms with Gasteiger partial charge in [-0.1, -0.05) is 18.2 Å². The molecule has 0 aliphatic heterocycles. The number of nitrogens with zero attached hydrogens (tertiary/aromatic N) is 1. The molecule has 0 aliphatic carbocycles. The molecule has 0 amide bonds. The zero-order chi connectivity index (χ0) is 12.0. The van der Waals surface area contributed by atoms with Gasteiger partial charge in [-0.05, 0) is 31.6 Å². The molecule has 0 spiro atoms. The number of nitro groups is 1. The van der Waals surface area contributed by atoms with Crippen molar-refractivity contribution in [1.29, 1.82) is 0 Å². The van der Waals surface area contributed by atoms with Gasteiger partial charge in [0.2, 0.25) is 5.82 Å². The van der Waals surface area contributed by atoms with Gasteiger partial charge in [-0.2, -0.15) is 4.39 Å². The molecule has 1 N–H and O–H groups in total. The Morgan fingerprint density at radius 1 is 1.56 bits per heavy atom. The summed E-state index contributed by atoms with van der Waals surface area (Å²) in [4.78, 5) is 9.76. The van der Waals surface area contributed by atoms with E-state index in [0.29, 0.717) is 5.56 Å². The zero-order valence-electron chi connectivity index (χ0n) is 8.94. The SMILES string of the molecule is CNCCC=Cc1ccc(F)c([N+](=O)[O-])c1. The molecule has 0 saturated heterocycles. The van der Waals surface area contributed by atoms with E-state index in [0.717, 1.165) is 19.0 Å². The molecule has 1 aromatic rings. The van der Waals surface area contributed by atoms with Gasteiger partial charge in [0, 0.05) is 6.07 Å². The quantitative estimate of drug-likeness (QED) is 0.474. The maximum atomic E-state index is 13.0. The second kappa shape index (κ2) is 5.97. The first-order valence-electron chi connectivity index (χ1n) is 4.90. The number of hydrogen-bond donors (Lipinski definition) is 1. The third kappa shape index (κ3) is 3.43. The average molecular weight is 224 g/mol. The maximum Gasteiger partial charge on any atom is 0.305 e. The fraction of sp³-hybridized carbons (Fsp3) is 0.273. The van der Waals surface area contributed by atoms with E-state index in [1.807, 2.05) is 13.1 Å². The molecule has 0 aliphatic rings. The minimum absolute atomic E-state index is 0.490. The predicted molar refractivity (Wildman–Crippen MR) is 60.6 cm³/mol. The Morgan fingerprint density at radius 2 is 2.31 bits per heavy atom. The van der Waals surface area contributed by atoms with Gasteiger partial charge < -0.3 is 5.32 Å². The Kier molecular flexibility index (Phi) is 4.60. The van der Waals surface area contributed by atoms with E-state index in [2.05, 4.69) is 5.32 Å². The molecule has 1 rings (SSSR count). The molecule has 0 saturated carbocycles. The molecule has 0 fully saturated rings. The van der Waals surface area contributed by atoms with Crippen LogP contribution in [0.4, 0.5) is 10.1 Å². The molecule has 0 heterocycles. The van der Waals surface area contributed by atoms with Crippen LogP contribution in [-0.2, 0) is 0 Å². The minimum atomic E-state index is -0.808. The molecule has 86 valence electrons. The third-order valence-electron chi connectivity index (χ3n) is 2.04. The summed E-state index contributed by atoms with van der Waals surface area (Å²) in [6.07, 6.45) is 4.44. The number of nitrogens with one attached hydrogen (secondary N) is 1. The zero-order valence-corrected chi connectivity index (χ0v) is 8.94. The molecular formula is C11H13FN2O2.